The summed E-state index contributed by atoms with van der Waals surface area (Å²) in [5.41, 5.74) is 1.21. The van der Waals surface area contributed by atoms with Crippen molar-refractivity contribution in [2.24, 2.45) is 5.41 Å². The second-order valence-corrected chi connectivity index (χ2v) is 5.97. The number of β-lactam (4-membered cyclic amide) rings is 1. The molecule has 0 unspecified atom stereocenters. The first kappa shape index (κ1) is 14.3. The molecule has 1 saturated heterocycles. The first-order chi connectivity index (χ1) is 9.31. The predicted octanol–water partition coefficient (Wildman–Crippen LogP) is 2.32. The molecule has 106 valence electrons. The van der Waals surface area contributed by atoms with E-state index in [2.05, 4.69) is 0 Å². The van der Waals surface area contributed by atoms with E-state index >= 15 is 0 Å². The molecule has 20 heavy (non-hydrogen) atoms. The Morgan fingerprint density at radius 1 is 1.25 bits per heavy atom. The minimum atomic E-state index is -0.261. The molecule has 0 aliphatic carbocycles. The van der Waals surface area contributed by atoms with Crippen LogP contribution in [0, 0.1) is 5.41 Å². The van der Waals surface area contributed by atoms with Crippen molar-refractivity contribution in [1.29, 1.82) is 0 Å². The summed E-state index contributed by atoms with van der Waals surface area (Å²) in [7, 11) is 3.73. The number of rotatable bonds is 4. The van der Waals surface area contributed by atoms with Crippen LogP contribution >= 0.6 is 0 Å². The topological polar surface area (TPSA) is 40.6 Å². The quantitative estimate of drug-likeness (QED) is 0.480. The summed E-state index contributed by atoms with van der Waals surface area (Å²) < 4.78 is 0. The van der Waals surface area contributed by atoms with Gasteiger partial charge in [-0.15, -0.1) is 0 Å². The Bertz CT molecular complexity index is 556. The lowest BCUT2D eigenvalue weighted by Gasteiger charge is -2.44. The molecule has 1 aromatic rings. The second-order valence-electron chi connectivity index (χ2n) is 5.97. The number of allylic oxidation sites excluding steroid dienone is 1. The highest BCUT2D eigenvalue weighted by atomic mass is 16.2. The van der Waals surface area contributed by atoms with E-state index in [-0.39, 0.29) is 17.1 Å². The van der Waals surface area contributed by atoms with Gasteiger partial charge in [-0.25, -0.2) is 0 Å². The van der Waals surface area contributed by atoms with Gasteiger partial charge in [-0.05, 0) is 38.1 Å². The van der Waals surface area contributed by atoms with Crippen LogP contribution in [0.4, 0.5) is 5.69 Å². The van der Waals surface area contributed by atoms with Gasteiger partial charge in [0.05, 0.1) is 5.41 Å². The minimum Gasteiger partial charge on any atom is -0.383 e. The highest BCUT2D eigenvalue weighted by Crippen LogP contribution is 2.34. The van der Waals surface area contributed by atoms with Crippen molar-refractivity contribution in [2.75, 3.05) is 25.5 Å². The van der Waals surface area contributed by atoms with Gasteiger partial charge in [0, 0.05) is 44.2 Å². The molecule has 2 rings (SSSR count). The van der Waals surface area contributed by atoms with Crippen LogP contribution in [-0.2, 0) is 4.79 Å². The van der Waals surface area contributed by atoms with Gasteiger partial charge in [0.25, 0.3) is 0 Å². The number of carbonyl (C=O) groups excluding carboxylic acids is 2. The molecule has 0 radical (unpaired) electrons. The lowest BCUT2D eigenvalue weighted by Crippen LogP contribution is -2.58. The molecule has 0 atom stereocenters. The maximum absolute atomic E-state index is 11.9. The van der Waals surface area contributed by atoms with E-state index in [1.54, 1.807) is 23.2 Å². The Morgan fingerprint density at radius 2 is 1.85 bits per heavy atom. The second kappa shape index (κ2) is 5.12. The van der Waals surface area contributed by atoms with Gasteiger partial charge in [-0.3, -0.25) is 9.59 Å². The van der Waals surface area contributed by atoms with Gasteiger partial charge in [-0.1, -0.05) is 0 Å². The molecule has 0 N–H and O–H groups in total. The smallest absolute Gasteiger partial charge is 0.234 e. The lowest BCUT2D eigenvalue weighted by molar-refractivity contribution is -0.132. The third kappa shape index (κ3) is 2.74. The Labute approximate surface area is 119 Å². The van der Waals surface area contributed by atoms with E-state index in [0.717, 1.165) is 12.2 Å². The zero-order valence-corrected chi connectivity index (χ0v) is 12.4. The van der Waals surface area contributed by atoms with Crippen molar-refractivity contribution in [2.45, 2.75) is 13.8 Å². The van der Waals surface area contributed by atoms with E-state index in [9.17, 15) is 9.59 Å². The van der Waals surface area contributed by atoms with Gasteiger partial charge in [0.2, 0.25) is 5.91 Å². The molecule has 0 aromatic heterocycles. The summed E-state index contributed by atoms with van der Waals surface area (Å²) in [6.07, 6.45) is 3.25. The van der Waals surface area contributed by atoms with E-state index in [0.29, 0.717) is 5.56 Å². The summed E-state index contributed by atoms with van der Waals surface area (Å²) in [5, 5.41) is 0. The van der Waals surface area contributed by atoms with Crippen molar-refractivity contribution in [3.63, 3.8) is 0 Å². The number of ketones is 1. The fraction of sp³-hybridized carbons (Fsp3) is 0.375. The Hall–Kier alpha value is -2.10. The van der Waals surface area contributed by atoms with E-state index in [1.165, 1.54) is 6.08 Å². The van der Waals surface area contributed by atoms with Crippen molar-refractivity contribution in [3.05, 3.63) is 42.1 Å². The standard InChI is InChI=1S/C16H20N2O2/c1-16(2)11-18(15(16)20)13-7-5-12(6-8-13)14(19)9-10-17(3)4/h5-10H,11H2,1-4H3. The molecule has 0 bridgehead atoms. The van der Waals surface area contributed by atoms with Gasteiger partial charge < -0.3 is 9.80 Å². The van der Waals surface area contributed by atoms with Crippen molar-refractivity contribution >= 4 is 17.4 Å². The molecule has 0 saturated carbocycles. The number of nitrogens with zero attached hydrogens (tertiary/aromatic N) is 2. The molecule has 1 aliphatic heterocycles. The van der Waals surface area contributed by atoms with Crippen LogP contribution in [-0.4, -0.2) is 37.2 Å². The minimum absolute atomic E-state index is 0.0412. The van der Waals surface area contributed by atoms with Gasteiger partial charge in [0.1, 0.15) is 0 Å². The Balaban J connectivity index is 2.08. The van der Waals surface area contributed by atoms with E-state index in [1.807, 2.05) is 45.0 Å². The number of hydrogen-bond donors (Lipinski definition) is 0. The lowest BCUT2D eigenvalue weighted by atomic mass is 9.82. The predicted molar refractivity (Wildman–Crippen MR) is 79.7 cm³/mol. The zero-order chi connectivity index (χ0) is 14.9. The summed E-state index contributed by atoms with van der Waals surface area (Å²) in [6, 6.07) is 7.17. The largest absolute Gasteiger partial charge is 0.383 e. The average molecular weight is 272 g/mol. The normalized spacial score (nSPS) is 17.2. The van der Waals surface area contributed by atoms with E-state index < -0.39 is 0 Å². The van der Waals surface area contributed by atoms with Gasteiger partial charge >= 0.3 is 0 Å². The number of carbonyl (C=O) groups is 2. The Kier molecular flexibility index (Phi) is 3.66. The van der Waals surface area contributed by atoms with Crippen LogP contribution in [0.2, 0.25) is 0 Å². The molecular formula is C16H20N2O2. The molecule has 4 heteroatoms. The van der Waals surface area contributed by atoms with Crippen LogP contribution in [0.1, 0.15) is 24.2 Å². The summed E-state index contributed by atoms with van der Waals surface area (Å²) in [5.74, 6) is 0.0876. The number of hydrogen-bond acceptors (Lipinski definition) is 3. The fourth-order valence-corrected chi connectivity index (χ4v) is 2.14. The number of benzene rings is 1. The molecule has 1 amide bonds. The average Bonchev–Trinajstić information content (AvgIpc) is 2.42. The highest BCUT2D eigenvalue weighted by molar-refractivity contribution is 6.06. The summed E-state index contributed by atoms with van der Waals surface area (Å²) >= 11 is 0. The van der Waals surface area contributed by atoms with Crippen LogP contribution in [0.25, 0.3) is 0 Å². The van der Waals surface area contributed by atoms with Crippen LogP contribution < -0.4 is 4.90 Å². The van der Waals surface area contributed by atoms with Crippen LogP contribution in [0.3, 0.4) is 0 Å². The zero-order valence-electron chi connectivity index (χ0n) is 12.4. The Morgan fingerprint density at radius 3 is 2.30 bits per heavy atom. The molecule has 0 spiro atoms. The monoisotopic (exact) mass is 272 g/mol. The van der Waals surface area contributed by atoms with Gasteiger partial charge in [-0.2, -0.15) is 0 Å². The van der Waals surface area contributed by atoms with E-state index in [4.69, 9.17) is 0 Å². The van der Waals surface area contributed by atoms with Crippen LogP contribution in [0.5, 0.6) is 0 Å². The molecular weight excluding hydrogens is 252 g/mol. The van der Waals surface area contributed by atoms with Gasteiger partial charge in [0.15, 0.2) is 5.78 Å². The number of amides is 1. The molecule has 1 fully saturated rings. The first-order valence-corrected chi connectivity index (χ1v) is 6.62. The summed E-state index contributed by atoms with van der Waals surface area (Å²) in [4.78, 5) is 27.4. The number of anilines is 1. The SMILES string of the molecule is CN(C)C=CC(=O)c1ccc(N2CC(C)(C)C2=O)cc1. The third-order valence-corrected chi connectivity index (χ3v) is 3.37. The maximum Gasteiger partial charge on any atom is 0.234 e. The molecule has 1 aromatic carbocycles. The van der Waals surface area contributed by atoms with Crippen molar-refractivity contribution < 1.29 is 9.59 Å². The molecule has 1 aliphatic rings. The van der Waals surface area contributed by atoms with Crippen LogP contribution in [0.15, 0.2) is 36.5 Å². The maximum atomic E-state index is 11.9. The van der Waals surface area contributed by atoms with Crippen molar-refractivity contribution in [3.8, 4) is 0 Å². The summed E-state index contributed by atoms with van der Waals surface area (Å²) in [6.45, 7) is 4.60. The first-order valence-electron chi connectivity index (χ1n) is 6.62. The fourth-order valence-electron chi connectivity index (χ4n) is 2.14. The highest BCUT2D eigenvalue weighted by Gasteiger charge is 2.44. The molecule has 4 nitrogen and oxygen atoms in total. The molecule has 1 heterocycles. The van der Waals surface area contributed by atoms with Crippen molar-refractivity contribution in [1.82, 2.24) is 4.90 Å². The third-order valence-electron chi connectivity index (χ3n) is 3.37.